The van der Waals surface area contributed by atoms with Crippen LogP contribution in [0.25, 0.3) is 0 Å². The van der Waals surface area contributed by atoms with Crippen molar-refractivity contribution in [1.29, 1.82) is 0 Å². The number of para-hydroxylation sites is 2. The molecule has 20 heavy (non-hydrogen) atoms. The third-order valence-electron chi connectivity index (χ3n) is 2.73. The molecule has 1 aromatic rings. The molecule has 0 atom stereocenters. The highest BCUT2D eigenvalue weighted by atomic mass is 32.1. The van der Waals surface area contributed by atoms with Crippen LogP contribution in [0.5, 0.6) is 11.5 Å². The van der Waals surface area contributed by atoms with Gasteiger partial charge in [-0.2, -0.15) is 0 Å². The van der Waals surface area contributed by atoms with E-state index >= 15 is 0 Å². The van der Waals surface area contributed by atoms with Gasteiger partial charge in [-0.1, -0.05) is 31.3 Å². The first kappa shape index (κ1) is 16.7. The minimum atomic E-state index is 0.521. The normalized spacial score (nSPS) is 10.6. The third kappa shape index (κ3) is 6.21. The van der Waals surface area contributed by atoms with E-state index in [0.29, 0.717) is 24.7 Å². The molecule has 2 N–H and O–H groups in total. The Morgan fingerprint density at radius 1 is 1.15 bits per heavy atom. The van der Waals surface area contributed by atoms with E-state index < -0.39 is 0 Å². The Labute approximate surface area is 126 Å². The Kier molecular flexibility index (Phi) is 7.99. The predicted octanol–water partition coefficient (Wildman–Crippen LogP) is 2.46. The molecule has 0 spiro atoms. The van der Waals surface area contributed by atoms with E-state index in [4.69, 9.17) is 27.4 Å². The summed E-state index contributed by atoms with van der Waals surface area (Å²) in [4.78, 5) is 2.72. The molecule has 0 unspecified atom stereocenters. The number of rotatable bonds is 10. The van der Waals surface area contributed by atoms with E-state index in [1.807, 2.05) is 31.2 Å². The molecule has 0 saturated heterocycles. The molecular weight excluding hydrogens is 272 g/mol. The lowest BCUT2D eigenvalue weighted by Crippen LogP contribution is -2.36. The number of ether oxygens (including phenoxy) is 2. The van der Waals surface area contributed by atoms with Gasteiger partial charge in [-0.3, -0.25) is 4.90 Å². The zero-order valence-electron chi connectivity index (χ0n) is 12.3. The molecule has 112 valence electrons. The Hall–Kier alpha value is -1.33. The maximum Gasteiger partial charge on any atom is 0.161 e. The molecule has 0 amide bonds. The van der Waals surface area contributed by atoms with Gasteiger partial charge in [0.1, 0.15) is 6.61 Å². The smallest absolute Gasteiger partial charge is 0.161 e. The molecule has 0 bridgehead atoms. The van der Waals surface area contributed by atoms with Crippen LogP contribution in [0.1, 0.15) is 20.3 Å². The van der Waals surface area contributed by atoms with Crippen LogP contribution in [-0.2, 0) is 0 Å². The Bertz CT molecular complexity index is 413. The van der Waals surface area contributed by atoms with Crippen LogP contribution < -0.4 is 15.2 Å². The number of hydrogen-bond donors (Lipinski definition) is 1. The summed E-state index contributed by atoms with van der Waals surface area (Å²) in [5.74, 6) is 1.56. The highest BCUT2D eigenvalue weighted by molar-refractivity contribution is 7.80. The molecule has 0 aliphatic heterocycles. The topological polar surface area (TPSA) is 47.7 Å². The molecule has 0 aliphatic rings. The van der Waals surface area contributed by atoms with Gasteiger partial charge in [0.15, 0.2) is 11.5 Å². The standard InChI is InChI=1S/C15H24N2O2S/c1-3-9-17(12-15(16)20)10-11-19-14-8-6-5-7-13(14)18-4-2/h5-8H,3-4,9-12H2,1-2H3,(H2,16,20). The predicted molar refractivity (Wildman–Crippen MR) is 86.6 cm³/mol. The number of benzene rings is 1. The van der Waals surface area contributed by atoms with Crippen LogP contribution >= 0.6 is 12.2 Å². The summed E-state index contributed by atoms with van der Waals surface area (Å²) < 4.78 is 11.3. The fraction of sp³-hybridized carbons (Fsp3) is 0.533. The summed E-state index contributed by atoms with van der Waals surface area (Å²) in [5, 5.41) is 0. The first-order chi connectivity index (χ1) is 9.67. The fourth-order valence-corrected chi connectivity index (χ4v) is 2.12. The fourth-order valence-electron chi connectivity index (χ4n) is 1.94. The van der Waals surface area contributed by atoms with Gasteiger partial charge in [-0.05, 0) is 32.0 Å². The van der Waals surface area contributed by atoms with Gasteiger partial charge < -0.3 is 15.2 Å². The second-order valence-electron chi connectivity index (χ2n) is 4.47. The van der Waals surface area contributed by atoms with Crippen LogP contribution in [0.4, 0.5) is 0 Å². The Morgan fingerprint density at radius 2 is 1.80 bits per heavy atom. The highest BCUT2D eigenvalue weighted by Crippen LogP contribution is 2.26. The minimum Gasteiger partial charge on any atom is -0.490 e. The third-order valence-corrected chi connectivity index (χ3v) is 2.86. The SMILES string of the molecule is CCCN(CCOc1ccccc1OCC)CC(N)=S. The van der Waals surface area contributed by atoms with Gasteiger partial charge in [0.2, 0.25) is 0 Å². The van der Waals surface area contributed by atoms with Crippen LogP contribution in [0, 0.1) is 0 Å². The molecule has 0 fully saturated rings. The maximum atomic E-state index is 5.80. The van der Waals surface area contributed by atoms with E-state index in [-0.39, 0.29) is 0 Å². The summed E-state index contributed by atoms with van der Waals surface area (Å²) in [6.45, 7) is 7.72. The van der Waals surface area contributed by atoms with Crippen molar-refractivity contribution in [1.82, 2.24) is 4.90 Å². The average Bonchev–Trinajstić information content (AvgIpc) is 2.40. The number of nitrogens with two attached hydrogens (primary N) is 1. The molecule has 1 aromatic carbocycles. The molecule has 5 heteroatoms. The molecule has 0 aliphatic carbocycles. The molecule has 0 aromatic heterocycles. The van der Waals surface area contributed by atoms with Gasteiger partial charge in [0.05, 0.1) is 11.6 Å². The molecule has 0 heterocycles. The van der Waals surface area contributed by atoms with E-state index in [1.54, 1.807) is 0 Å². The van der Waals surface area contributed by atoms with Gasteiger partial charge in [-0.25, -0.2) is 0 Å². The summed E-state index contributed by atoms with van der Waals surface area (Å²) in [5.41, 5.74) is 5.60. The largest absolute Gasteiger partial charge is 0.490 e. The molecule has 0 saturated carbocycles. The highest BCUT2D eigenvalue weighted by Gasteiger charge is 2.07. The Morgan fingerprint density at radius 3 is 2.35 bits per heavy atom. The van der Waals surface area contributed by atoms with E-state index in [0.717, 1.165) is 31.0 Å². The quantitative estimate of drug-likeness (QED) is 0.672. The maximum absolute atomic E-state index is 5.80. The zero-order chi connectivity index (χ0) is 14.8. The summed E-state index contributed by atoms with van der Waals surface area (Å²) in [6, 6.07) is 7.71. The summed E-state index contributed by atoms with van der Waals surface area (Å²) in [7, 11) is 0. The van der Waals surface area contributed by atoms with Crippen molar-refractivity contribution >= 4 is 17.2 Å². The molecule has 0 radical (unpaired) electrons. The number of thiocarbonyl (C=S) groups is 1. The molecule has 4 nitrogen and oxygen atoms in total. The van der Waals surface area contributed by atoms with Crippen LogP contribution in [-0.4, -0.2) is 42.7 Å². The zero-order valence-corrected chi connectivity index (χ0v) is 13.1. The monoisotopic (exact) mass is 296 g/mol. The minimum absolute atomic E-state index is 0.521. The second kappa shape index (κ2) is 9.55. The van der Waals surface area contributed by atoms with E-state index in [9.17, 15) is 0 Å². The van der Waals surface area contributed by atoms with Crippen LogP contribution in [0.2, 0.25) is 0 Å². The molecule has 1 rings (SSSR count). The van der Waals surface area contributed by atoms with Crippen molar-refractivity contribution < 1.29 is 9.47 Å². The number of hydrogen-bond acceptors (Lipinski definition) is 4. The lowest BCUT2D eigenvalue weighted by molar-refractivity contribution is 0.218. The lowest BCUT2D eigenvalue weighted by Gasteiger charge is -2.21. The van der Waals surface area contributed by atoms with Crippen molar-refractivity contribution in [3.63, 3.8) is 0 Å². The van der Waals surface area contributed by atoms with Crippen LogP contribution in [0.3, 0.4) is 0 Å². The summed E-state index contributed by atoms with van der Waals surface area (Å²) in [6.07, 6.45) is 1.07. The Balaban J connectivity index is 2.47. The van der Waals surface area contributed by atoms with E-state index in [1.165, 1.54) is 0 Å². The first-order valence-electron chi connectivity index (χ1n) is 7.02. The van der Waals surface area contributed by atoms with Gasteiger partial charge in [0.25, 0.3) is 0 Å². The average molecular weight is 296 g/mol. The van der Waals surface area contributed by atoms with Crippen molar-refractivity contribution in [3.8, 4) is 11.5 Å². The van der Waals surface area contributed by atoms with Crippen molar-refractivity contribution in [2.45, 2.75) is 20.3 Å². The van der Waals surface area contributed by atoms with E-state index in [2.05, 4.69) is 11.8 Å². The number of nitrogens with zero attached hydrogens (tertiary/aromatic N) is 1. The summed E-state index contributed by atoms with van der Waals surface area (Å²) >= 11 is 4.96. The van der Waals surface area contributed by atoms with Crippen molar-refractivity contribution in [2.24, 2.45) is 5.73 Å². The first-order valence-corrected chi connectivity index (χ1v) is 7.43. The van der Waals surface area contributed by atoms with Crippen molar-refractivity contribution in [3.05, 3.63) is 24.3 Å². The van der Waals surface area contributed by atoms with Crippen molar-refractivity contribution in [2.75, 3.05) is 32.8 Å². The van der Waals surface area contributed by atoms with Crippen LogP contribution in [0.15, 0.2) is 24.3 Å². The molecular formula is C15H24N2O2S. The lowest BCUT2D eigenvalue weighted by atomic mass is 10.3. The van der Waals surface area contributed by atoms with Gasteiger partial charge >= 0.3 is 0 Å². The second-order valence-corrected chi connectivity index (χ2v) is 5.00. The van der Waals surface area contributed by atoms with Gasteiger partial charge in [0, 0.05) is 13.1 Å². The van der Waals surface area contributed by atoms with Gasteiger partial charge in [-0.15, -0.1) is 0 Å².